The number of aromatic carboxylic acids is 2. The maximum absolute atomic E-state index is 12.4. The zero-order valence-corrected chi connectivity index (χ0v) is 38.0. The Balaban J connectivity index is 0.000000338. The fourth-order valence-electron chi connectivity index (χ4n) is 5.16. The maximum atomic E-state index is 12.4. The van der Waals surface area contributed by atoms with Crippen LogP contribution in [-0.2, 0) is 9.59 Å². The smallest absolute Gasteiger partial charge is 0.338 e. The predicted molar refractivity (Wildman–Crippen MR) is 245 cm³/mol. The average molecular weight is 960 g/mol. The van der Waals surface area contributed by atoms with Crippen LogP contribution in [0.5, 0.6) is 0 Å². The van der Waals surface area contributed by atoms with E-state index in [1.807, 2.05) is 0 Å². The molecule has 2 unspecified atom stereocenters. The first-order valence-electron chi connectivity index (χ1n) is 18.6. The SMILES string of the molecule is CCC(O)C(O)Sc1c(C(=O)O)cccc1[N+](=O)[O-].CN(C)c1cccc(C(=O)Nc2cccc([N+](=O)[O-])c2)c1C(=O)O.Cc1cc([N+](=O)[O-])ccc1SCC(=O)N(C)N(C)C(=O)CS. The molecular formula is C40H45N7O15S3. The van der Waals surface area contributed by atoms with Crippen molar-refractivity contribution in [3.05, 3.63) is 131 Å². The van der Waals surface area contributed by atoms with E-state index in [-0.39, 0.29) is 68.4 Å². The van der Waals surface area contributed by atoms with Gasteiger partial charge in [0.15, 0.2) is 0 Å². The number of thiol groups is 1. The fourth-order valence-corrected chi connectivity index (χ4v) is 7.42. The Morgan fingerprint density at radius 1 is 0.754 bits per heavy atom. The molecule has 0 fully saturated rings. The lowest BCUT2D eigenvalue weighted by Gasteiger charge is -2.27. The van der Waals surface area contributed by atoms with Gasteiger partial charge in [-0.2, -0.15) is 12.6 Å². The molecule has 65 heavy (non-hydrogen) atoms. The highest BCUT2D eigenvalue weighted by atomic mass is 32.2. The summed E-state index contributed by atoms with van der Waals surface area (Å²) in [6.07, 6.45) is -0.844. The molecule has 0 aliphatic rings. The van der Waals surface area contributed by atoms with E-state index in [0.717, 1.165) is 16.5 Å². The van der Waals surface area contributed by atoms with Gasteiger partial charge in [-0.25, -0.2) is 9.59 Å². The Hall–Kier alpha value is -6.80. The van der Waals surface area contributed by atoms with Crippen molar-refractivity contribution in [2.75, 3.05) is 49.9 Å². The zero-order valence-electron chi connectivity index (χ0n) is 35.5. The number of rotatable bonds is 16. The molecular weight excluding hydrogens is 915 g/mol. The third kappa shape index (κ3) is 15.7. The van der Waals surface area contributed by atoms with Crippen LogP contribution in [0.15, 0.2) is 88.7 Å². The van der Waals surface area contributed by atoms with E-state index in [9.17, 15) is 69.6 Å². The molecule has 25 heteroatoms. The number of aliphatic hydroxyl groups excluding tert-OH is 2. The van der Waals surface area contributed by atoms with Crippen LogP contribution in [0, 0.1) is 37.3 Å². The number of benzene rings is 4. The molecule has 22 nitrogen and oxygen atoms in total. The first-order chi connectivity index (χ1) is 30.5. The second-order valence-electron chi connectivity index (χ2n) is 13.3. The second-order valence-corrected chi connectivity index (χ2v) is 15.8. The van der Waals surface area contributed by atoms with Gasteiger partial charge in [0.05, 0.1) is 54.8 Å². The lowest BCUT2D eigenvalue weighted by Crippen LogP contribution is -2.46. The summed E-state index contributed by atoms with van der Waals surface area (Å²) in [5, 5.41) is 74.8. The molecule has 4 rings (SSSR count). The fraction of sp³-hybridized carbons (Fsp3) is 0.275. The minimum atomic E-state index is -1.33. The number of nitrogens with one attached hydrogen (secondary N) is 1. The molecule has 5 N–H and O–H groups in total. The number of anilines is 2. The van der Waals surface area contributed by atoms with E-state index in [4.69, 9.17) is 5.11 Å². The number of nitro groups is 3. The summed E-state index contributed by atoms with van der Waals surface area (Å²) in [6.45, 7) is 3.38. The number of nitro benzene ring substituents is 3. The van der Waals surface area contributed by atoms with Crippen molar-refractivity contribution in [3.63, 3.8) is 0 Å². The van der Waals surface area contributed by atoms with E-state index < -0.39 is 49.8 Å². The number of aryl methyl sites for hydroxylation is 1. The highest BCUT2D eigenvalue weighted by molar-refractivity contribution is 8.00. The highest BCUT2D eigenvalue weighted by Crippen LogP contribution is 2.36. The zero-order chi connectivity index (χ0) is 49.3. The van der Waals surface area contributed by atoms with E-state index in [1.165, 1.54) is 90.5 Å². The summed E-state index contributed by atoms with van der Waals surface area (Å²) in [5.74, 6) is -3.61. The molecule has 2 atom stereocenters. The monoisotopic (exact) mass is 959 g/mol. The summed E-state index contributed by atoms with van der Waals surface area (Å²) in [6, 6.07) is 18.1. The Morgan fingerprint density at radius 3 is 1.85 bits per heavy atom. The van der Waals surface area contributed by atoms with E-state index in [0.29, 0.717) is 17.4 Å². The van der Waals surface area contributed by atoms with Gasteiger partial charge in [0.25, 0.3) is 34.8 Å². The number of nitrogens with zero attached hydrogens (tertiary/aromatic N) is 6. The van der Waals surface area contributed by atoms with E-state index in [2.05, 4.69) is 17.9 Å². The summed E-state index contributed by atoms with van der Waals surface area (Å²) < 4.78 is 0. The van der Waals surface area contributed by atoms with Crippen LogP contribution in [0.3, 0.4) is 0 Å². The van der Waals surface area contributed by atoms with Crippen LogP contribution in [-0.4, -0.2) is 126 Å². The molecule has 0 radical (unpaired) electrons. The lowest BCUT2D eigenvalue weighted by molar-refractivity contribution is -0.387. The van der Waals surface area contributed by atoms with Crippen molar-refractivity contribution in [2.24, 2.45) is 0 Å². The lowest BCUT2D eigenvalue weighted by atomic mass is 10.0. The van der Waals surface area contributed by atoms with Crippen molar-refractivity contribution < 1.29 is 59.2 Å². The van der Waals surface area contributed by atoms with Crippen molar-refractivity contribution in [1.29, 1.82) is 0 Å². The topological polar surface area (TPSA) is 317 Å². The van der Waals surface area contributed by atoms with Crippen LogP contribution in [0.4, 0.5) is 28.4 Å². The Labute approximate surface area is 385 Å². The normalized spacial score (nSPS) is 11.2. The third-order valence-corrected chi connectivity index (χ3v) is 11.4. The third-order valence-electron chi connectivity index (χ3n) is 8.73. The van der Waals surface area contributed by atoms with Gasteiger partial charge in [-0.05, 0) is 49.2 Å². The molecule has 0 aliphatic heterocycles. The number of non-ortho nitro benzene ring substituents is 2. The number of carbonyl (C=O) groups excluding carboxylic acids is 3. The first kappa shape index (κ1) is 54.3. The molecule has 348 valence electrons. The number of aliphatic hydroxyl groups is 2. The number of carboxylic acid groups (broad SMARTS) is 2. The number of hydrazine groups is 1. The Bertz CT molecular complexity index is 2390. The van der Waals surface area contributed by atoms with Gasteiger partial charge >= 0.3 is 11.9 Å². The van der Waals surface area contributed by atoms with Crippen LogP contribution >= 0.6 is 36.2 Å². The van der Waals surface area contributed by atoms with E-state index >= 15 is 0 Å². The van der Waals surface area contributed by atoms with Gasteiger partial charge in [0, 0.05) is 69.1 Å². The van der Waals surface area contributed by atoms with Crippen molar-refractivity contribution in [1.82, 2.24) is 10.0 Å². The van der Waals surface area contributed by atoms with Gasteiger partial charge < -0.3 is 30.6 Å². The largest absolute Gasteiger partial charge is 0.478 e. The summed E-state index contributed by atoms with van der Waals surface area (Å²) in [4.78, 5) is 91.3. The first-order valence-corrected chi connectivity index (χ1v) is 21.1. The minimum Gasteiger partial charge on any atom is -0.478 e. The van der Waals surface area contributed by atoms with Crippen LogP contribution < -0.4 is 10.2 Å². The maximum Gasteiger partial charge on any atom is 0.338 e. The quantitative estimate of drug-likeness (QED) is 0.0252. The molecule has 0 heterocycles. The van der Waals surface area contributed by atoms with Gasteiger partial charge in [0.2, 0.25) is 0 Å². The standard InChI is InChI=1S/C16H15N3O5.C13H17N3O4S2.C11H13NO6S/c1-18(2)13-8-4-7-12(14(13)16(21)22)15(20)17-10-5-3-6-11(9-10)19(23)24;1-9-6-10(16(19)20)4-5-11(9)22-8-13(18)15(3)14(2)12(17)7-21;1-2-8(13)11(16)19-9-6(10(14)15)4-3-5-7(9)12(17)18/h3-9H,1-2H3,(H,17,20)(H,21,22);4-6,21H,7-8H2,1-3H3;3-5,8,11,13,16H,2H2,1H3,(H,14,15). The minimum absolute atomic E-state index is 0.0166. The van der Waals surface area contributed by atoms with Crippen molar-refractivity contribution in [2.45, 2.75) is 41.6 Å². The number of carbonyl (C=O) groups is 5. The second kappa shape index (κ2) is 25.5. The van der Waals surface area contributed by atoms with Gasteiger partial charge in [-0.1, -0.05) is 36.9 Å². The van der Waals surface area contributed by atoms with Crippen LogP contribution in [0.25, 0.3) is 0 Å². The number of hydrogen-bond donors (Lipinski definition) is 6. The van der Waals surface area contributed by atoms with Crippen molar-refractivity contribution >= 4 is 94.2 Å². The average Bonchev–Trinajstić information content (AvgIpc) is 3.27. The summed E-state index contributed by atoms with van der Waals surface area (Å²) in [7, 11) is 6.35. The predicted octanol–water partition coefficient (Wildman–Crippen LogP) is 5.84. The molecule has 0 spiro atoms. The molecule has 4 aromatic rings. The van der Waals surface area contributed by atoms with Crippen molar-refractivity contribution in [3.8, 4) is 0 Å². The van der Waals surface area contributed by atoms with Crippen LogP contribution in [0.1, 0.15) is 50.0 Å². The molecule has 0 bridgehead atoms. The molecule has 0 saturated heterocycles. The van der Waals surface area contributed by atoms with Gasteiger partial charge in [-0.15, -0.1) is 11.8 Å². The number of amides is 3. The summed E-state index contributed by atoms with van der Waals surface area (Å²) in [5.41, 5.74) is -1.01. The highest BCUT2D eigenvalue weighted by Gasteiger charge is 2.27. The van der Waals surface area contributed by atoms with Gasteiger partial charge in [0.1, 0.15) is 10.3 Å². The van der Waals surface area contributed by atoms with E-state index in [1.54, 1.807) is 51.0 Å². The molecule has 0 aliphatic carbocycles. The number of carboxylic acids is 2. The van der Waals surface area contributed by atoms with Gasteiger partial charge in [-0.3, -0.25) is 54.7 Å². The molecule has 4 aromatic carbocycles. The molecule has 3 amide bonds. The Morgan fingerprint density at radius 2 is 1.32 bits per heavy atom. The molecule has 0 saturated carbocycles. The summed E-state index contributed by atoms with van der Waals surface area (Å²) >= 11 is 5.72. The Kier molecular flexibility index (Phi) is 21.3. The number of hydrogen-bond acceptors (Lipinski definition) is 17. The van der Waals surface area contributed by atoms with Crippen LogP contribution in [0.2, 0.25) is 0 Å². The molecule has 0 aromatic heterocycles. The number of thioether (sulfide) groups is 2.